The second-order valence-corrected chi connectivity index (χ2v) is 14.7. The van der Waals surface area contributed by atoms with E-state index < -0.39 is 8.32 Å². The monoisotopic (exact) mass is 398 g/mol. The first-order valence-corrected chi connectivity index (χ1v) is 14.8. The van der Waals surface area contributed by atoms with Crippen molar-refractivity contribution in [2.75, 3.05) is 0 Å². The Morgan fingerprint density at radius 2 is 1.19 bits per heavy atom. The third-order valence-corrected chi connectivity index (χ3v) is 10.8. The van der Waals surface area contributed by atoms with E-state index in [9.17, 15) is 4.79 Å². The maximum atomic E-state index is 11.0. The Bertz CT molecular complexity index is 347. The van der Waals surface area contributed by atoms with Crippen molar-refractivity contribution in [1.29, 1.82) is 0 Å². The molecule has 0 N–H and O–H groups in total. The first-order valence-electron chi connectivity index (χ1n) is 11.9. The quantitative estimate of drug-likeness (QED) is 0.131. The molecule has 0 spiro atoms. The van der Waals surface area contributed by atoms with Crippen molar-refractivity contribution in [3.8, 4) is 0 Å². The molecule has 0 aliphatic heterocycles. The van der Waals surface area contributed by atoms with Crippen LogP contribution in [0.25, 0.3) is 0 Å². The molecule has 0 aromatic heterocycles. The zero-order valence-electron chi connectivity index (χ0n) is 19.6. The fourth-order valence-corrected chi connectivity index (χ4v) is 4.72. The molecule has 0 bridgehead atoms. The van der Waals surface area contributed by atoms with E-state index in [2.05, 4.69) is 40.8 Å². The van der Waals surface area contributed by atoms with Crippen LogP contribution in [-0.2, 0) is 9.22 Å². The molecule has 0 unspecified atom stereocenters. The number of aldehydes is 1. The molecule has 0 aromatic rings. The molecule has 0 aromatic carbocycles. The van der Waals surface area contributed by atoms with Crippen molar-refractivity contribution in [1.82, 2.24) is 0 Å². The van der Waals surface area contributed by atoms with E-state index in [0.717, 1.165) is 12.7 Å². The molecule has 2 nitrogen and oxygen atoms in total. The number of carbonyl (C=O) groups is 1. The summed E-state index contributed by atoms with van der Waals surface area (Å²) in [5.74, 6) is 0. The summed E-state index contributed by atoms with van der Waals surface area (Å²) < 4.78 is 6.46. The molecular formula is C24H50O2Si. The van der Waals surface area contributed by atoms with Crippen LogP contribution < -0.4 is 0 Å². The summed E-state index contributed by atoms with van der Waals surface area (Å²) in [4.78, 5) is 11.0. The molecule has 0 amide bonds. The molecule has 1 atom stereocenters. The third kappa shape index (κ3) is 14.5. The van der Waals surface area contributed by atoms with Crippen LogP contribution in [0, 0.1) is 0 Å². The molecule has 0 heterocycles. The van der Waals surface area contributed by atoms with Crippen LogP contribution in [0.1, 0.15) is 124 Å². The fraction of sp³-hybridized carbons (Fsp3) is 0.958. The highest BCUT2D eigenvalue weighted by atomic mass is 28.4. The molecular weight excluding hydrogens is 348 g/mol. The first-order chi connectivity index (χ1) is 12.7. The molecule has 0 rings (SSSR count). The lowest BCUT2D eigenvalue weighted by atomic mass is 10.0. The molecule has 0 fully saturated rings. The molecule has 0 saturated heterocycles. The number of rotatable bonds is 18. The smallest absolute Gasteiger partial charge is 0.192 e. The van der Waals surface area contributed by atoms with E-state index in [1.807, 2.05) is 0 Å². The minimum atomic E-state index is -1.77. The topological polar surface area (TPSA) is 26.3 Å². The van der Waals surface area contributed by atoms with E-state index in [0.29, 0.717) is 6.42 Å². The Labute approximate surface area is 172 Å². The van der Waals surface area contributed by atoms with Crippen molar-refractivity contribution < 1.29 is 9.22 Å². The molecule has 0 saturated carbocycles. The summed E-state index contributed by atoms with van der Waals surface area (Å²) in [7, 11) is -1.77. The molecule has 27 heavy (non-hydrogen) atoms. The zero-order chi connectivity index (χ0) is 20.6. The summed E-state index contributed by atoms with van der Waals surface area (Å²) in [6, 6.07) is 0. The Hall–Kier alpha value is -0.153. The third-order valence-electron chi connectivity index (χ3n) is 6.26. The van der Waals surface area contributed by atoms with Gasteiger partial charge >= 0.3 is 0 Å². The van der Waals surface area contributed by atoms with E-state index >= 15 is 0 Å². The van der Waals surface area contributed by atoms with E-state index in [-0.39, 0.29) is 11.1 Å². The average molecular weight is 399 g/mol. The number of unbranched alkanes of at least 4 members (excludes halogenated alkanes) is 12. The Morgan fingerprint density at radius 3 is 1.56 bits per heavy atom. The summed E-state index contributed by atoms with van der Waals surface area (Å²) in [6.07, 6.45) is 20.7. The maximum Gasteiger partial charge on any atom is 0.192 e. The van der Waals surface area contributed by atoms with Crippen molar-refractivity contribution in [3.63, 3.8) is 0 Å². The normalized spacial score (nSPS) is 13.7. The van der Waals surface area contributed by atoms with Gasteiger partial charge in [0.25, 0.3) is 0 Å². The van der Waals surface area contributed by atoms with Gasteiger partial charge in [-0.2, -0.15) is 0 Å². The minimum absolute atomic E-state index is 0.135. The van der Waals surface area contributed by atoms with E-state index in [4.69, 9.17) is 4.43 Å². The van der Waals surface area contributed by atoms with Gasteiger partial charge in [-0.3, -0.25) is 0 Å². The predicted octanol–water partition coefficient (Wildman–Crippen LogP) is 8.45. The van der Waals surface area contributed by atoms with Crippen molar-refractivity contribution >= 4 is 14.6 Å². The van der Waals surface area contributed by atoms with E-state index in [1.165, 1.54) is 83.5 Å². The van der Waals surface area contributed by atoms with Gasteiger partial charge in [-0.25, -0.2) is 0 Å². The Balaban J connectivity index is 3.69. The van der Waals surface area contributed by atoms with E-state index in [1.54, 1.807) is 0 Å². The summed E-state index contributed by atoms with van der Waals surface area (Å²) in [5, 5.41) is 0.212. The van der Waals surface area contributed by atoms with Crippen LogP contribution in [0.2, 0.25) is 18.1 Å². The largest absolute Gasteiger partial charge is 0.414 e. The summed E-state index contributed by atoms with van der Waals surface area (Å²) in [6.45, 7) is 13.7. The van der Waals surface area contributed by atoms with Crippen LogP contribution in [-0.4, -0.2) is 20.7 Å². The molecule has 0 aliphatic rings. The Kier molecular flexibility index (Phi) is 15.6. The fourth-order valence-electron chi connectivity index (χ4n) is 3.32. The van der Waals surface area contributed by atoms with Crippen LogP contribution >= 0.6 is 0 Å². The summed E-state index contributed by atoms with van der Waals surface area (Å²) >= 11 is 0. The molecule has 0 aliphatic carbocycles. The maximum absolute atomic E-state index is 11.0. The molecule has 3 heteroatoms. The van der Waals surface area contributed by atoms with Crippen LogP contribution in [0.4, 0.5) is 0 Å². The van der Waals surface area contributed by atoms with Gasteiger partial charge in [0.1, 0.15) is 6.29 Å². The van der Waals surface area contributed by atoms with Gasteiger partial charge in [-0.1, -0.05) is 111 Å². The minimum Gasteiger partial charge on any atom is -0.414 e. The lowest BCUT2D eigenvalue weighted by Crippen LogP contribution is -2.44. The molecule has 162 valence electrons. The van der Waals surface area contributed by atoms with Gasteiger partial charge in [-0.15, -0.1) is 0 Å². The number of hydrogen-bond donors (Lipinski definition) is 0. The van der Waals surface area contributed by atoms with Crippen LogP contribution in [0.5, 0.6) is 0 Å². The predicted molar refractivity (Wildman–Crippen MR) is 123 cm³/mol. The standard InChI is InChI=1S/C24H50O2Si/c1-7-8-9-10-11-12-13-14-15-16-17-18-19-20-23(21-22-25)26-27(5,6)24(2,3)4/h22-23H,7-21H2,1-6H3/t23-/m1/s1. The van der Waals surface area contributed by atoms with Gasteiger partial charge in [0, 0.05) is 6.42 Å². The van der Waals surface area contributed by atoms with Crippen LogP contribution in [0.3, 0.4) is 0 Å². The van der Waals surface area contributed by atoms with Crippen molar-refractivity contribution in [2.45, 2.75) is 148 Å². The summed E-state index contributed by atoms with van der Waals surface area (Å²) in [5.41, 5.74) is 0. The molecule has 0 radical (unpaired) electrons. The van der Waals surface area contributed by atoms with Crippen molar-refractivity contribution in [3.05, 3.63) is 0 Å². The van der Waals surface area contributed by atoms with Crippen molar-refractivity contribution in [2.24, 2.45) is 0 Å². The average Bonchev–Trinajstić information content (AvgIpc) is 2.57. The van der Waals surface area contributed by atoms with Crippen LogP contribution in [0.15, 0.2) is 0 Å². The second-order valence-electron chi connectivity index (χ2n) is 9.93. The van der Waals surface area contributed by atoms with Gasteiger partial charge in [-0.05, 0) is 24.6 Å². The number of hydrogen-bond acceptors (Lipinski definition) is 2. The lowest BCUT2D eigenvalue weighted by Gasteiger charge is -2.39. The van der Waals surface area contributed by atoms with Gasteiger partial charge in [0.15, 0.2) is 8.32 Å². The SMILES string of the molecule is CCCCCCCCCCCCCCC[C@H](CC=O)O[Si](C)(C)C(C)(C)C. The second kappa shape index (κ2) is 15.7. The highest BCUT2D eigenvalue weighted by molar-refractivity contribution is 6.74. The highest BCUT2D eigenvalue weighted by Crippen LogP contribution is 2.38. The highest BCUT2D eigenvalue weighted by Gasteiger charge is 2.38. The number of carbonyl (C=O) groups excluding carboxylic acids is 1. The lowest BCUT2D eigenvalue weighted by molar-refractivity contribution is -0.109. The van der Waals surface area contributed by atoms with Gasteiger partial charge in [0.2, 0.25) is 0 Å². The van der Waals surface area contributed by atoms with Gasteiger partial charge < -0.3 is 9.22 Å². The van der Waals surface area contributed by atoms with Gasteiger partial charge in [0.05, 0.1) is 6.10 Å². The Morgan fingerprint density at radius 1 is 0.778 bits per heavy atom. The zero-order valence-corrected chi connectivity index (χ0v) is 20.6. The first kappa shape index (κ1) is 26.8.